The third kappa shape index (κ3) is 2.76. The van der Waals surface area contributed by atoms with Crippen molar-refractivity contribution in [3.63, 3.8) is 0 Å². The van der Waals surface area contributed by atoms with Gasteiger partial charge in [0.05, 0.1) is 15.7 Å². The Hall–Kier alpha value is -0.840. The Kier molecular flexibility index (Phi) is 4.10. The molecule has 18 heavy (non-hydrogen) atoms. The first kappa shape index (κ1) is 13.6. The zero-order valence-corrected chi connectivity index (χ0v) is 11.3. The molecule has 1 aliphatic rings. The molecule has 0 bridgehead atoms. The first-order valence-corrected chi connectivity index (χ1v) is 6.40. The Morgan fingerprint density at radius 1 is 1.44 bits per heavy atom. The van der Waals surface area contributed by atoms with Crippen LogP contribution in [-0.2, 0) is 4.79 Å². The van der Waals surface area contributed by atoms with Gasteiger partial charge in [-0.1, -0.05) is 30.1 Å². The van der Waals surface area contributed by atoms with Crippen LogP contribution in [0.15, 0.2) is 12.1 Å². The predicted octanol–water partition coefficient (Wildman–Crippen LogP) is 2.93. The lowest BCUT2D eigenvalue weighted by atomic mass is 9.88. The monoisotopic (exact) mass is 290 g/mol. The van der Waals surface area contributed by atoms with Crippen LogP contribution in [0.2, 0.25) is 10.0 Å². The molecule has 1 fully saturated rings. The molecule has 98 valence electrons. The van der Waals surface area contributed by atoms with Gasteiger partial charge in [0, 0.05) is 5.92 Å². The number of nitrogens with one attached hydrogen (secondary N) is 2. The first-order valence-electron chi connectivity index (χ1n) is 5.65. The lowest BCUT2D eigenvalue weighted by molar-refractivity contribution is -0.121. The number of amides is 1. The standard InChI is InChI=1S/C12H13Cl2FN2O/c1-6(7-4-16-5-7)12(18)17-11-9(13)2-8(15)3-10(11)14/h2-3,6-7,16H,4-5H2,1H3,(H,17,18). The van der Waals surface area contributed by atoms with Crippen molar-refractivity contribution in [1.29, 1.82) is 0 Å². The van der Waals surface area contributed by atoms with E-state index in [0.29, 0.717) is 5.92 Å². The van der Waals surface area contributed by atoms with Crippen molar-refractivity contribution in [3.8, 4) is 0 Å². The van der Waals surface area contributed by atoms with Crippen LogP contribution in [0.5, 0.6) is 0 Å². The summed E-state index contributed by atoms with van der Waals surface area (Å²) >= 11 is 11.7. The summed E-state index contributed by atoms with van der Waals surface area (Å²) in [5, 5.41) is 5.97. The molecule has 2 N–H and O–H groups in total. The number of halogens is 3. The van der Waals surface area contributed by atoms with Gasteiger partial charge in [-0.2, -0.15) is 0 Å². The zero-order chi connectivity index (χ0) is 13.3. The average molecular weight is 291 g/mol. The van der Waals surface area contributed by atoms with E-state index in [2.05, 4.69) is 10.6 Å². The molecule has 6 heteroatoms. The number of hydrogen-bond acceptors (Lipinski definition) is 2. The summed E-state index contributed by atoms with van der Waals surface area (Å²) < 4.78 is 13.0. The summed E-state index contributed by atoms with van der Waals surface area (Å²) in [6, 6.07) is 2.25. The molecular weight excluding hydrogens is 278 g/mol. The molecule has 0 radical (unpaired) electrons. The maximum Gasteiger partial charge on any atom is 0.227 e. The SMILES string of the molecule is CC(C(=O)Nc1c(Cl)cc(F)cc1Cl)C1CNC1. The van der Waals surface area contributed by atoms with Crippen molar-refractivity contribution in [2.45, 2.75) is 6.92 Å². The molecular formula is C12H13Cl2FN2O. The minimum Gasteiger partial charge on any atom is -0.323 e. The topological polar surface area (TPSA) is 41.1 Å². The molecule has 0 spiro atoms. The molecule has 1 heterocycles. The zero-order valence-electron chi connectivity index (χ0n) is 9.77. The van der Waals surface area contributed by atoms with Crippen LogP contribution in [0.1, 0.15) is 6.92 Å². The van der Waals surface area contributed by atoms with Gasteiger partial charge in [-0.3, -0.25) is 4.79 Å². The van der Waals surface area contributed by atoms with E-state index in [-0.39, 0.29) is 27.6 Å². The Bertz CT molecular complexity index is 454. The summed E-state index contributed by atoms with van der Waals surface area (Å²) in [7, 11) is 0. The lowest BCUT2D eigenvalue weighted by Crippen LogP contribution is -2.48. The molecule has 1 aromatic carbocycles. The number of benzene rings is 1. The molecule has 1 aromatic rings. The van der Waals surface area contributed by atoms with Crippen LogP contribution >= 0.6 is 23.2 Å². The Labute approximate surface area is 115 Å². The van der Waals surface area contributed by atoms with Crippen molar-refractivity contribution in [3.05, 3.63) is 28.0 Å². The largest absolute Gasteiger partial charge is 0.323 e. The summed E-state index contributed by atoms with van der Waals surface area (Å²) in [5.41, 5.74) is 0.267. The number of hydrogen-bond donors (Lipinski definition) is 2. The smallest absolute Gasteiger partial charge is 0.227 e. The highest BCUT2D eigenvalue weighted by molar-refractivity contribution is 6.39. The van der Waals surface area contributed by atoms with Crippen LogP contribution < -0.4 is 10.6 Å². The van der Waals surface area contributed by atoms with Crippen LogP contribution in [0.4, 0.5) is 10.1 Å². The van der Waals surface area contributed by atoms with E-state index in [1.807, 2.05) is 6.92 Å². The maximum absolute atomic E-state index is 13.0. The van der Waals surface area contributed by atoms with Gasteiger partial charge in [-0.15, -0.1) is 0 Å². The highest BCUT2D eigenvalue weighted by Gasteiger charge is 2.29. The molecule has 1 amide bonds. The third-order valence-corrected chi connectivity index (χ3v) is 3.78. The Morgan fingerprint density at radius 3 is 2.44 bits per heavy atom. The van der Waals surface area contributed by atoms with Gasteiger partial charge in [-0.05, 0) is 31.1 Å². The lowest BCUT2D eigenvalue weighted by Gasteiger charge is -2.31. The van der Waals surface area contributed by atoms with Gasteiger partial charge < -0.3 is 10.6 Å². The van der Waals surface area contributed by atoms with E-state index >= 15 is 0 Å². The summed E-state index contributed by atoms with van der Waals surface area (Å²) in [6.45, 7) is 3.52. The van der Waals surface area contributed by atoms with Crippen LogP contribution in [0.3, 0.4) is 0 Å². The minimum atomic E-state index is -0.528. The normalized spacial score (nSPS) is 17.1. The second-order valence-electron chi connectivity index (χ2n) is 4.44. The third-order valence-electron chi connectivity index (χ3n) is 3.19. The molecule has 2 rings (SSSR count). The van der Waals surface area contributed by atoms with Crippen molar-refractivity contribution >= 4 is 34.8 Å². The summed E-state index contributed by atoms with van der Waals surface area (Å²) in [5.74, 6) is -0.498. The van der Waals surface area contributed by atoms with Gasteiger partial charge in [-0.25, -0.2) is 4.39 Å². The van der Waals surface area contributed by atoms with E-state index in [1.54, 1.807) is 0 Å². The highest BCUT2D eigenvalue weighted by Crippen LogP contribution is 2.32. The summed E-state index contributed by atoms with van der Waals surface area (Å²) in [6.07, 6.45) is 0. The van der Waals surface area contributed by atoms with Crippen LogP contribution in [0, 0.1) is 17.7 Å². The predicted molar refractivity (Wildman–Crippen MR) is 70.6 cm³/mol. The van der Waals surface area contributed by atoms with Gasteiger partial charge in [0.15, 0.2) is 0 Å². The molecule has 1 saturated heterocycles. The molecule has 0 saturated carbocycles. The number of carbonyl (C=O) groups excluding carboxylic acids is 1. The van der Waals surface area contributed by atoms with Crippen molar-refractivity contribution in [2.75, 3.05) is 18.4 Å². The van der Waals surface area contributed by atoms with E-state index in [1.165, 1.54) is 0 Å². The summed E-state index contributed by atoms with van der Waals surface area (Å²) in [4.78, 5) is 12.0. The quantitative estimate of drug-likeness (QED) is 0.899. The Morgan fingerprint density at radius 2 is 2.00 bits per heavy atom. The van der Waals surface area contributed by atoms with Gasteiger partial charge in [0.25, 0.3) is 0 Å². The fraction of sp³-hybridized carbons (Fsp3) is 0.417. The van der Waals surface area contributed by atoms with Gasteiger partial charge in [0.2, 0.25) is 5.91 Å². The second-order valence-corrected chi connectivity index (χ2v) is 5.26. The van der Waals surface area contributed by atoms with Crippen LogP contribution in [-0.4, -0.2) is 19.0 Å². The van der Waals surface area contributed by atoms with Gasteiger partial charge >= 0.3 is 0 Å². The number of rotatable bonds is 3. The van der Waals surface area contributed by atoms with Crippen LogP contribution in [0.25, 0.3) is 0 Å². The van der Waals surface area contributed by atoms with E-state index in [4.69, 9.17) is 23.2 Å². The molecule has 1 unspecified atom stereocenters. The molecule has 1 atom stereocenters. The van der Waals surface area contributed by atoms with Crippen molar-refractivity contribution in [1.82, 2.24) is 5.32 Å². The highest BCUT2D eigenvalue weighted by atomic mass is 35.5. The van der Waals surface area contributed by atoms with Crippen molar-refractivity contribution < 1.29 is 9.18 Å². The van der Waals surface area contributed by atoms with Crippen molar-refractivity contribution in [2.24, 2.45) is 11.8 Å². The molecule has 0 aromatic heterocycles. The molecule has 3 nitrogen and oxygen atoms in total. The van der Waals surface area contributed by atoms with E-state index in [0.717, 1.165) is 25.2 Å². The van der Waals surface area contributed by atoms with Gasteiger partial charge in [0.1, 0.15) is 5.82 Å². The fourth-order valence-electron chi connectivity index (χ4n) is 1.78. The molecule has 0 aliphatic carbocycles. The number of anilines is 1. The minimum absolute atomic E-state index is 0.104. The second kappa shape index (κ2) is 5.43. The Balaban J connectivity index is 2.11. The van der Waals surface area contributed by atoms with E-state index < -0.39 is 5.82 Å². The fourth-order valence-corrected chi connectivity index (χ4v) is 2.33. The molecule has 1 aliphatic heterocycles. The number of carbonyl (C=O) groups is 1. The average Bonchev–Trinajstić information content (AvgIpc) is 2.20. The first-order chi connectivity index (χ1) is 8.49. The van der Waals surface area contributed by atoms with E-state index in [9.17, 15) is 9.18 Å². The maximum atomic E-state index is 13.0.